The van der Waals surface area contributed by atoms with Crippen LogP contribution in [0.15, 0.2) is 176 Å². The van der Waals surface area contributed by atoms with Gasteiger partial charge in [-0.1, -0.05) is 180 Å². The molecule has 3 aromatic heterocycles. The van der Waals surface area contributed by atoms with Gasteiger partial charge in [0.15, 0.2) is 0 Å². The van der Waals surface area contributed by atoms with Crippen LogP contribution in [0.2, 0.25) is 0 Å². The Morgan fingerprint density at radius 2 is 0.613 bits per heavy atom. The third-order valence-electron chi connectivity index (χ3n) is 17.0. The second kappa shape index (κ2) is 15.4. The molecule has 0 unspecified atom stereocenters. The summed E-state index contributed by atoms with van der Waals surface area (Å²) in [6.07, 6.45) is 0. The topological polar surface area (TPSA) is 14.8 Å². The van der Waals surface area contributed by atoms with Gasteiger partial charge in [0, 0.05) is 54.5 Å². The van der Waals surface area contributed by atoms with E-state index in [4.69, 9.17) is 0 Å². The van der Waals surface area contributed by atoms with Gasteiger partial charge < -0.3 is 13.7 Å². The maximum absolute atomic E-state index is 2.60. The van der Waals surface area contributed by atoms with Gasteiger partial charge in [-0.05, 0) is 155 Å². The van der Waals surface area contributed by atoms with Crippen LogP contribution < -0.4 is 0 Å². The van der Waals surface area contributed by atoms with Crippen molar-refractivity contribution in [3.63, 3.8) is 0 Å². The first-order chi connectivity index (χ1) is 35.7. The molecule has 0 aliphatic carbocycles. The van der Waals surface area contributed by atoms with Crippen LogP contribution in [0.4, 0.5) is 0 Å². The predicted octanol–water partition coefficient (Wildman–Crippen LogP) is 20.2. The molecule has 0 N–H and O–H groups in total. The molecule has 0 saturated carbocycles. The molecule has 0 radical (unpaired) electrons. The van der Waals surface area contributed by atoms with Crippen LogP contribution in [0.3, 0.4) is 0 Å². The predicted molar refractivity (Wildman–Crippen MR) is 325 cm³/mol. The lowest BCUT2D eigenvalue weighted by atomic mass is 9.85. The number of benzene rings is 11. The maximum Gasteiger partial charge on any atom is 0.0562 e. The quantitative estimate of drug-likeness (QED) is 0.124. The number of nitrogens with zero attached hydrogens (tertiary/aromatic N) is 3. The van der Waals surface area contributed by atoms with Gasteiger partial charge in [0.25, 0.3) is 0 Å². The number of aromatic nitrogens is 3. The Balaban J connectivity index is 1.10. The summed E-state index contributed by atoms with van der Waals surface area (Å²) in [5.74, 6) is 0. The summed E-state index contributed by atoms with van der Waals surface area (Å²) >= 11 is 0. The van der Waals surface area contributed by atoms with Crippen LogP contribution in [-0.2, 0) is 21.7 Å². The molecule has 0 aliphatic heterocycles. The fourth-order valence-corrected chi connectivity index (χ4v) is 12.8. The molecule has 14 rings (SSSR count). The van der Waals surface area contributed by atoms with Gasteiger partial charge in [0.05, 0.1) is 38.8 Å². The smallest absolute Gasteiger partial charge is 0.0562 e. The summed E-state index contributed by atoms with van der Waals surface area (Å²) in [5, 5.41) is 18.0. The van der Waals surface area contributed by atoms with Crippen molar-refractivity contribution < 1.29 is 0 Å². The molecule has 0 saturated heterocycles. The van der Waals surface area contributed by atoms with Gasteiger partial charge in [-0.15, -0.1) is 0 Å². The summed E-state index contributed by atoms with van der Waals surface area (Å²) in [5.41, 5.74) is 16.1. The molecule has 0 bridgehead atoms. The summed E-state index contributed by atoms with van der Waals surface area (Å²) in [6, 6.07) is 68.4. The monoisotopic (exact) mass is 972 g/mol. The van der Waals surface area contributed by atoms with Gasteiger partial charge in [0.2, 0.25) is 0 Å². The molecular formula is C72H65N3. The minimum absolute atomic E-state index is 0.0138. The highest BCUT2D eigenvalue weighted by molar-refractivity contribution is 6.34. The van der Waals surface area contributed by atoms with E-state index in [-0.39, 0.29) is 21.7 Å². The number of rotatable bonds is 3. The zero-order valence-electron chi connectivity index (χ0n) is 45.6. The Kier molecular flexibility index (Phi) is 9.36. The summed E-state index contributed by atoms with van der Waals surface area (Å²) in [4.78, 5) is 0. The minimum atomic E-state index is 0.0138. The molecule has 11 aromatic carbocycles. The van der Waals surface area contributed by atoms with Crippen LogP contribution in [0.25, 0.3) is 126 Å². The SMILES string of the molecule is CC(C)(C)c1ccc2c(c1)c1cc(C(C)(C)C)ccc1n2-c1ccc2c3ccc(-n4c5ccc(C(C)(C)C)cc5c5cc(C(C)(C)C)ccc54)cc3n(-c3ccc4c5ccccc5c5cccc6ccc3c4c65)c2c1. The van der Waals surface area contributed by atoms with Crippen molar-refractivity contribution in [1.82, 2.24) is 13.7 Å². The van der Waals surface area contributed by atoms with Crippen molar-refractivity contribution in [2.75, 3.05) is 0 Å². The molecule has 0 amide bonds. The molecule has 75 heavy (non-hydrogen) atoms. The van der Waals surface area contributed by atoms with E-state index >= 15 is 0 Å². The van der Waals surface area contributed by atoms with E-state index in [2.05, 4.69) is 273 Å². The number of fused-ring (bicyclic) bond motifs is 12. The summed E-state index contributed by atoms with van der Waals surface area (Å²) < 4.78 is 7.63. The van der Waals surface area contributed by atoms with Crippen LogP contribution in [-0.4, -0.2) is 13.7 Å². The highest BCUT2D eigenvalue weighted by Gasteiger charge is 2.26. The largest absolute Gasteiger partial charge is 0.309 e. The summed E-state index contributed by atoms with van der Waals surface area (Å²) in [6.45, 7) is 27.8. The average Bonchev–Trinajstić information content (AvgIpc) is 4.03. The molecule has 14 aromatic rings. The highest BCUT2D eigenvalue weighted by atomic mass is 15.0. The lowest BCUT2D eigenvalue weighted by Crippen LogP contribution is -2.10. The lowest BCUT2D eigenvalue weighted by Gasteiger charge is -2.19. The molecule has 3 nitrogen and oxygen atoms in total. The first-order valence-corrected chi connectivity index (χ1v) is 27.1. The van der Waals surface area contributed by atoms with Crippen LogP contribution in [0, 0.1) is 0 Å². The second-order valence-corrected chi connectivity index (χ2v) is 25.9. The summed E-state index contributed by atoms with van der Waals surface area (Å²) in [7, 11) is 0. The standard InChI is InChI=1S/C72H65N3/c1-69(2,3)43-21-31-61-56(36-43)57-37-44(70(4,5)6)22-32-62(57)73(61)47-25-28-51-52-29-26-48(74-63-33-23-45(71(7,8)9)38-58(63)59-39-46(72(10,11)12)24-34-64(59)74)41-66(52)75(65(51)40-47)60-35-30-54-50-18-14-13-17-49(50)53-19-15-16-42-20-27-55(60)68(54)67(42)53/h13-41H,1-12H3. The van der Waals surface area contributed by atoms with Gasteiger partial charge in [-0.2, -0.15) is 0 Å². The van der Waals surface area contributed by atoms with E-state index in [1.54, 1.807) is 0 Å². The Morgan fingerprint density at radius 3 is 1.03 bits per heavy atom. The Labute approximate surface area is 439 Å². The fraction of sp³-hybridized carbons (Fsp3) is 0.222. The lowest BCUT2D eigenvalue weighted by molar-refractivity contribution is 0.590. The fourth-order valence-electron chi connectivity index (χ4n) is 12.8. The van der Waals surface area contributed by atoms with Crippen molar-refractivity contribution in [3.05, 3.63) is 198 Å². The van der Waals surface area contributed by atoms with E-state index in [1.165, 1.54) is 136 Å². The third-order valence-corrected chi connectivity index (χ3v) is 17.0. The van der Waals surface area contributed by atoms with E-state index in [0.717, 1.165) is 11.4 Å². The van der Waals surface area contributed by atoms with E-state index in [1.807, 2.05) is 0 Å². The van der Waals surface area contributed by atoms with Crippen LogP contribution in [0.5, 0.6) is 0 Å². The maximum atomic E-state index is 2.60. The van der Waals surface area contributed by atoms with E-state index < -0.39 is 0 Å². The van der Waals surface area contributed by atoms with Gasteiger partial charge >= 0.3 is 0 Å². The second-order valence-electron chi connectivity index (χ2n) is 25.9. The van der Waals surface area contributed by atoms with Crippen LogP contribution >= 0.6 is 0 Å². The third kappa shape index (κ3) is 6.72. The van der Waals surface area contributed by atoms with Gasteiger partial charge in [-0.3, -0.25) is 0 Å². The van der Waals surface area contributed by atoms with Crippen molar-refractivity contribution in [2.45, 2.75) is 105 Å². The van der Waals surface area contributed by atoms with Gasteiger partial charge in [0.1, 0.15) is 0 Å². The number of hydrogen-bond donors (Lipinski definition) is 0. The molecule has 3 heteroatoms. The Hall–Kier alpha value is -7.88. The minimum Gasteiger partial charge on any atom is -0.309 e. The van der Waals surface area contributed by atoms with Crippen LogP contribution in [0.1, 0.15) is 105 Å². The Morgan fingerprint density at radius 1 is 0.240 bits per heavy atom. The zero-order valence-corrected chi connectivity index (χ0v) is 45.6. The molecule has 0 atom stereocenters. The van der Waals surface area contributed by atoms with Crippen molar-refractivity contribution in [3.8, 4) is 17.1 Å². The van der Waals surface area contributed by atoms with Crippen molar-refractivity contribution in [2.24, 2.45) is 0 Å². The van der Waals surface area contributed by atoms with Crippen molar-refractivity contribution in [1.29, 1.82) is 0 Å². The Bertz CT molecular complexity index is 4380. The first kappa shape index (κ1) is 45.7. The molecule has 0 aliphatic rings. The normalized spacial score (nSPS) is 13.3. The molecular weight excluding hydrogens is 907 g/mol. The molecule has 3 heterocycles. The molecule has 368 valence electrons. The highest BCUT2D eigenvalue weighted by Crippen LogP contribution is 2.46. The molecule has 0 fully saturated rings. The zero-order chi connectivity index (χ0) is 51.8. The van der Waals surface area contributed by atoms with Gasteiger partial charge in [-0.25, -0.2) is 0 Å². The average molecular weight is 972 g/mol. The first-order valence-electron chi connectivity index (χ1n) is 27.1. The van der Waals surface area contributed by atoms with E-state index in [0.29, 0.717) is 0 Å². The van der Waals surface area contributed by atoms with Crippen molar-refractivity contribution >= 4 is 109 Å². The number of hydrogen-bond acceptors (Lipinski definition) is 0. The van der Waals surface area contributed by atoms with E-state index in [9.17, 15) is 0 Å². The molecule has 0 spiro atoms.